The van der Waals surface area contributed by atoms with Crippen molar-refractivity contribution in [1.29, 1.82) is 0 Å². The van der Waals surface area contributed by atoms with E-state index >= 15 is 0 Å². The fourth-order valence-electron chi connectivity index (χ4n) is 4.14. The summed E-state index contributed by atoms with van der Waals surface area (Å²) in [6, 6.07) is 1.64. The van der Waals surface area contributed by atoms with Gasteiger partial charge in [-0.25, -0.2) is 22.0 Å². The maximum Gasteiger partial charge on any atom is 0.293 e. The van der Waals surface area contributed by atoms with E-state index in [0.29, 0.717) is 24.0 Å². The summed E-state index contributed by atoms with van der Waals surface area (Å²) in [6.45, 7) is 8.79. The third-order valence-electron chi connectivity index (χ3n) is 5.79. The lowest BCUT2D eigenvalue weighted by atomic mass is 9.75. The summed E-state index contributed by atoms with van der Waals surface area (Å²) in [4.78, 5) is 11.1. The molecule has 2 atom stereocenters. The zero-order valence-electron chi connectivity index (χ0n) is 17.3. The number of carbonyl (C=O) groups is 1. The largest absolute Gasteiger partial charge is 0.488 e. The van der Waals surface area contributed by atoms with Crippen molar-refractivity contribution in [3.05, 3.63) is 75.1 Å². The lowest BCUT2D eigenvalue weighted by Crippen LogP contribution is -2.25. The van der Waals surface area contributed by atoms with E-state index in [1.165, 1.54) is 0 Å². The number of aryl methyl sites for hydroxylation is 1. The minimum atomic E-state index is -2.22. The summed E-state index contributed by atoms with van der Waals surface area (Å²) in [5.41, 5.74) is 2.80. The van der Waals surface area contributed by atoms with Gasteiger partial charge in [-0.15, -0.1) is 0 Å². The first-order chi connectivity index (χ1) is 14.6. The summed E-state index contributed by atoms with van der Waals surface area (Å²) in [7, 11) is 0. The van der Waals surface area contributed by atoms with Crippen molar-refractivity contribution in [2.75, 3.05) is 0 Å². The quantitative estimate of drug-likeness (QED) is 0.184. The van der Waals surface area contributed by atoms with Gasteiger partial charge >= 0.3 is 0 Å². The molecule has 0 saturated carbocycles. The molecular formula is C23H21F5O3. The van der Waals surface area contributed by atoms with Crippen molar-refractivity contribution in [3.63, 3.8) is 0 Å². The lowest BCUT2D eigenvalue weighted by Gasteiger charge is -2.35. The molecule has 0 spiro atoms. The molecule has 0 heterocycles. The van der Waals surface area contributed by atoms with Crippen LogP contribution in [-0.4, -0.2) is 6.47 Å². The smallest absolute Gasteiger partial charge is 0.293 e. The maximum atomic E-state index is 14.0. The highest BCUT2D eigenvalue weighted by Crippen LogP contribution is 2.45. The van der Waals surface area contributed by atoms with Crippen LogP contribution in [-0.2, 0) is 22.6 Å². The van der Waals surface area contributed by atoms with E-state index in [0.717, 1.165) is 23.1 Å². The molecule has 0 saturated heterocycles. The Hall–Kier alpha value is -2.90. The topological polar surface area (TPSA) is 35.5 Å². The van der Waals surface area contributed by atoms with Crippen LogP contribution in [0.15, 0.2) is 18.2 Å². The normalized spacial score (nSPS) is 17.8. The van der Waals surface area contributed by atoms with Crippen LogP contribution in [0, 0.1) is 48.9 Å². The first-order valence-electron chi connectivity index (χ1n) is 9.60. The summed E-state index contributed by atoms with van der Waals surface area (Å²) in [6.07, 6.45) is 0.817. The Labute approximate surface area is 176 Å². The second-order valence-corrected chi connectivity index (χ2v) is 7.69. The van der Waals surface area contributed by atoms with Gasteiger partial charge in [-0.1, -0.05) is 12.2 Å². The van der Waals surface area contributed by atoms with Gasteiger partial charge in [0, 0.05) is 11.5 Å². The van der Waals surface area contributed by atoms with E-state index < -0.39 is 47.4 Å². The highest BCUT2D eigenvalue weighted by molar-refractivity contribution is 5.53. The second-order valence-electron chi connectivity index (χ2n) is 7.69. The van der Waals surface area contributed by atoms with Crippen molar-refractivity contribution in [3.8, 4) is 5.75 Å². The Balaban J connectivity index is 2.03. The fourth-order valence-corrected chi connectivity index (χ4v) is 4.14. The summed E-state index contributed by atoms with van der Waals surface area (Å²) < 4.78 is 79.1. The predicted octanol–water partition coefficient (Wildman–Crippen LogP) is 5.93. The molecule has 166 valence electrons. The van der Waals surface area contributed by atoms with Crippen LogP contribution in [0.3, 0.4) is 0 Å². The van der Waals surface area contributed by atoms with Gasteiger partial charge in [0.05, 0.1) is 5.56 Å². The van der Waals surface area contributed by atoms with Gasteiger partial charge in [0.25, 0.3) is 6.47 Å². The summed E-state index contributed by atoms with van der Waals surface area (Å²) in [5.74, 6) is -10.1. The first-order valence-corrected chi connectivity index (χ1v) is 9.60. The molecule has 3 rings (SSSR count). The van der Waals surface area contributed by atoms with Crippen LogP contribution in [0.2, 0.25) is 0 Å². The predicted molar refractivity (Wildman–Crippen MR) is 103 cm³/mol. The lowest BCUT2D eigenvalue weighted by molar-refractivity contribution is -0.136. The summed E-state index contributed by atoms with van der Waals surface area (Å²) in [5, 5.41) is 0. The van der Waals surface area contributed by atoms with Gasteiger partial charge in [-0.05, 0) is 56.4 Å². The van der Waals surface area contributed by atoms with E-state index in [-0.39, 0.29) is 11.7 Å². The zero-order chi connectivity index (χ0) is 23.0. The molecule has 0 bridgehead atoms. The highest BCUT2D eigenvalue weighted by Gasteiger charge is 2.35. The Kier molecular flexibility index (Phi) is 6.38. The molecule has 2 aromatic rings. The third-order valence-corrected chi connectivity index (χ3v) is 5.79. The molecule has 2 aromatic carbocycles. The monoisotopic (exact) mass is 440 g/mol. The van der Waals surface area contributed by atoms with E-state index in [4.69, 9.17) is 9.47 Å². The van der Waals surface area contributed by atoms with Crippen molar-refractivity contribution in [1.82, 2.24) is 0 Å². The van der Waals surface area contributed by atoms with Crippen molar-refractivity contribution in [2.45, 2.75) is 46.3 Å². The Bertz CT molecular complexity index is 1040. The molecule has 0 aliphatic heterocycles. The molecule has 3 nitrogen and oxygen atoms in total. The molecule has 1 aliphatic carbocycles. The number of fused-ring (bicyclic) bond motifs is 1. The number of carbonyl (C=O) groups excluding carboxylic acids is 1. The van der Waals surface area contributed by atoms with Crippen molar-refractivity contribution in [2.24, 2.45) is 5.92 Å². The van der Waals surface area contributed by atoms with Crippen LogP contribution >= 0.6 is 0 Å². The highest BCUT2D eigenvalue weighted by atomic mass is 19.2. The van der Waals surface area contributed by atoms with E-state index in [9.17, 15) is 26.7 Å². The minimum absolute atomic E-state index is 0.124. The van der Waals surface area contributed by atoms with Gasteiger partial charge in [-0.2, -0.15) is 0 Å². The molecule has 8 heteroatoms. The minimum Gasteiger partial charge on any atom is -0.488 e. The van der Waals surface area contributed by atoms with E-state index in [2.05, 4.69) is 6.58 Å². The van der Waals surface area contributed by atoms with Gasteiger partial charge < -0.3 is 9.47 Å². The molecule has 0 N–H and O–H groups in total. The Morgan fingerprint density at radius 2 is 1.68 bits per heavy atom. The number of hydrogen-bond donors (Lipinski definition) is 0. The fraction of sp³-hybridized carbons (Fsp3) is 0.348. The number of benzene rings is 2. The second kappa shape index (κ2) is 8.69. The Morgan fingerprint density at radius 1 is 1.10 bits per heavy atom. The average Bonchev–Trinajstić information content (AvgIpc) is 2.73. The number of halogens is 5. The van der Waals surface area contributed by atoms with Crippen molar-refractivity contribution < 1.29 is 36.2 Å². The van der Waals surface area contributed by atoms with Crippen LogP contribution < -0.4 is 4.74 Å². The van der Waals surface area contributed by atoms with Gasteiger partial charge in [-0.3, -0.25) is 4.79 Å². The zero-order valence-corrected chi connectivity index (χ0v) is 17.3. The maximum absolute atomic E-state index is 14.0. The van der Waals surface area contributed by atoms with Crippen LogP contribution in [0.5, 0.6) is 5.75 Å². The number of hydrogen-bond acceptors (Lipinski definition) is 3. The molecular weight excluding hydrogens is 419 g/mol. The van der Waals surface area contributed by atoms with Crippen LogP contribution in [0.1, 0.15) is 47.3 Å². The van der Waals surface area contributed by atoms with Crippen LogP contribution in [0.4, 0.5) is 22.0 Å². The average molecular weight is 440 g/mol. The van der Waals surface area contributed by atoms with Gasteiger partial charge in [0.2, 0.25) is 5.82 Å². The SMILES string of the molecule is C=C(C)[C@@H]1CCc2c(C)cc(OCc3c(F)c(F)c(F)c(F)c3F)c(C)c2C1OC=O. The molecule has 0 aromatic heterocycles. The number of rotatable bonds is 6. The molecule has 0 amide bonds. The number of ether oxygens (including phenoxy) is 2. The third kappa shape index (κ3) is 3.91. The summed E-state index contributed by atoms with van der Waals surface area (Å²) >= 11 is 0. The van der Waals surface area contributed by atoms with Gasteiger partial charge in [0.15, 0.2) is 23.3 Å². The van der Waals surface area contributed by atoms with Crippen molar-refractivity contribution >= 4 is 6.47 Å². The van der Waals surface area contributed by atoms with E-state index in [1.54, 1.807) is 13.0 Å². The van der Waals surface area contributed by atoms with Crippen LogP contribution in [0.25, 0.3) is 0 Å². The molecule has 1 unspecified atom stereocenters. The molecule has 0 radical (unpaired) electrons. The van der Waals surface area contributed by atoms with Gasteiger partial charge in [0.1, 0.15) is 18.5 Å². The Morgan fingerprint density at radius 3 is 2.23 bits per heavy atom. The first kappa shape index (κ1) is 22.8. The standard InChI is InChI=1S/C23H21F5O3/c1-10(2)13-5-6-14-11(3)7-16(12(4)17(14)23(13)31-9-29)30-8-15-18(24)20(26)22(28)21(27)19(15)25/h7,9,13,23H,1,5-6,8H2,2-4H3/t13-,23?/m0/s1. The van der Waals surface area contributed by atoms with E-state index in [1.807, 2.05) is 13.8 Å². The molecule has 31 heavy (non-hydrogen) atoms. The molecule has 0 fully saturated rings. The molecule has 1 aliphatic rings.